The predicted octanol–water partition coefficient (Wildman–Crippen LogP) is 2.01. The van der Waals surface area contributed by atoms with Gasteiger partial charge in [-0.05, 0) is 30.7 Å². The van der Waals surface area contributed by atoms with Crippen LogP contribution in [0.4, 0.5) is 11.4 Å². The molecule has 9 nitrogen and oxygen atoms in total. The maximum atomic E-state index is 12.3. The van der Waals surface area contributed by atoms with Crippen molar-refractivity contribution in [3.63, 3.8) is 0 Å². The fraction of sp³-hybridized carbons (Fsp3) is 0.188. The van der Waals surface area contributed by atoms with Crippen LogP contribution in [0.15, 0.2) is 47.4 Å². The number of benzene rings is 2. The Labute approximate surface area is 160 Å². The van der Waals surface area contributed by atoms with Crippen LogP contribution in [0, 0.1) is 10.1 Å². The van der Waals surface area contributed by atoms with Gasteiger partial charge in [0, 0.05) is 18.7 Å². The molecule has 1 amide bonds. The van der Waals surface area contributed by atoms with E-state index in [0.717, 1.165) is 5.56 Å². The molecule has 0 saturated carbocycles. The van der Waals surface area contributed by atoms with Crippen molar-refractivity contribution in [3.8, 4) is 0 Å². The smallest absolute Gasteiger partial charge is 0.271 e. The Hall–Kier alpha value is -2.53. The van der Waals surface area contributed by atoms with Gasteiger partial charge >= 0.3 is 0 Å². The van der Waals surface area contributed by atoms with Crippen LogP contribution in [0.25, 0.3) is 0 Å². The Morgan fingerprint density at radius 2 is 1.89 bits per heavy atom. The van der Waals surface area contributed by atoms with Crippen LogP contribution < -0.4 is 15.8 Å². The van der Waals surface area contributed by atoms with E-state index in [1.807, 2.05) is 0 Å². The highest BCUT2D eigenvalue weighted by atomic mass is 35.5. The maximum absolute atomic E-state index is 12.3. The number of primary sulfonamides is 1. The number of nitro benzene ring substituents is 1. The molecule has 1 atom stereocenters. The molecule has 0 fully saturated rings. The zero-order valence-electron chi connectivity index (χ0n) is 14.2. The molecule has 0 aromatic heterocycles. The van der Waals surface area contributed by atoms with Gasteiger partial charge < -0.3 is 10.6 Å². The fourth-order valence-corrected chi connectivity index (χ4v) is 2.80. The van der Waals surface area contributed by atoms with Gasteiger partial charge in [-0.3, -0.25) is 14.9 Å². The van der Waals surface area contributed by atoms with E-state index in [4.69, 9.17) is 16.7 Å². The number of hydrogen-bond acceptors (Lipinski definition) is 6. The molecule has 11 heteroatoms. The lowest BCUT2D eigenvalue weighted by atomic mass is 10.2. The second-order valence-corrected chi connectivity index (χ2v) is 7.67. The number of nitrogens with two attached hydrogens (primary N) is 1. The van der Waals surface area contributed by atoms with Crippen molar-refractivity contribution < 1.29 is 18.1 Å². The van der Waals surface area contributed by atoms with Crippen molar-refractivity contribution in [2.45, 2.75) is 24.4 Å². The van der Waals surface area contributed by atoms with Crippen molar-refractivity contribution in [3.05, 3.63) is 63.2 Å². The summed E-state index contributed by atoms with van der Waals surface area (Å²) >= 11 is 5.96. The summed E-state index contributed by atoms with van der Waals surface area (Å²) in [5.41, 5.74) is 0.697. The van der Waals surface area contributed by atoms with E-state index in [-0.39, 0.29) is 21.3 Å². The van der Waals surface area contributed by atoms with Crippen LogP contribution in [0.2, 0.25) is 5.02 Å². The van der Waals surface area contributed by atoms with Gasteiger partial charge in [-0.2, -0.15) is 0 Å². The van der Waals surface area contributed by atoms with Gasteiger partial charge in [0.15, 0.2) is 0 Å². The van der Waals surface area contributed by atoms with Gasteiger partial charge in [0.1, 0.15) is 0 Å². The summed E-state index contributed by atoms with van der Waals surface area (Å²) in [6, 6.07) is 9.02. The molecule has 0 saturated heterocycles. The van der Waals surface area contributed by atoms with Crippen molar-refractivity contribution in [1.82, 2.24) is 5.32 Å². The Morgan fingerprint density at radius 1 is 1.26 bits per heavy atom. The predicted molar refractivity (Wildman–Crippen MR) is 101 cm³/mol. The summed E-state index contributed by atoms with van der Waals surface area (Å²) in [7, 11) is -3.76. The number of nitro groups is 1. The summed E-state index contributed by atoms with van der Waals surface area (Å²) in [6.07, 6.45) is 0. The van der Waals surface area contributed by atoms with Crippen LogP contribution in [-0.2, 0) is 21.4 Å². The van der Waals surface area contributed by atoms with Gasteiger partial charge in [-0.25, -0.2) is 13.6 Å². The first-order valence-electron chi connectivity index (χ1n) is 7.68. The summed E-state index contributed by atoms with van der Waals surface area (Å²) in [4.78, 5) is 22.5. The minimum atomic E-state index is -3.76. The molecule has 0 bridgehead atoms. The number of non-ortho nitro benzene ring substituents is 1. The van der Waals surface area contributed by atoms with Crippen molar-refractivity contribution >= 4 is 38.9 Å². The Bertz CT molecular complexity index is 963. The zero-order chi connectivity index (χ0) is 20.2. The molecule has 0 aliphatic heterocycles. The number of sulfonamides is 1. The van der Waals surface area contributed by atoms with Crippen molar-refractivity contribution in [1.29, 1.82) is 0 Å². The van der Waals surface area contributed by atoms with E-state index in [2.05, 4.69) is 10.6 Å². The highest BCUT2D eigenvalue weighted by Gasteiger charge is 2.16. The van der Waals surface area contributed by atoms with E-state index in [0.29, 0.717) is 6.54 Å². The molecular weight excluding hydrogens is 396 g/mol. The Balaban J connectivity index is 1.98. The first-order chi connectivity index (χ1) is 12.6. The van der Waals surface area contributed by atoms with Crippen LogP contribution >= 0.6 is 11.6 Å². The molecule has 27 heavy (non-hydrogen) atoms. The van der Waals surface area contributed by atoms with Crippen molar-refractivity contribution in [2.75, 3.05) is 5.32 Å². The molecule has 144 valence electrons. The Kier molecular flexibility index (Phi) is 6.50. The number of anilines is 1. The first kappa shape index (κ1) is 20.8. The van der Waals surface area contributed by atoms with Crippen LogP contribution in [0.1, 0.15) is 12.5 Å². The van der Waals surface area contributed by atoms with Gasteiger partial charge in [-0.1, -0.05) is 23.7 Å². The molecule has 2 rings (SSSR count). The second kappa shape index (κ2) is 8.44. The fourth-order valence-electron chi connectivity index (χ4n) is 2.12. The minimum Gasteiger partial charge on any atom is -0.323 e. The highest BCUT2D eigenvalue weighted by molar-refractivity contribution is 7.89. The lowest BCUT2D eigenvalue weighted by molar-refractivity contribution is -0.384. The first-order valence-corrected chi connectivity index (χ1v) is 9.60. The lowest BCUT2D eigenvalue weighted by Crippen LogP contribution is -2.37. The van der Waals surface area contributed by atoms with Crippen molar-refractivity contribution in [2.24, 2.45) is 5.14 Å². The topological polar surface area (TPSA) is 144 Å². The zero-order valence-corrected chi connectivity index (χ0v) is 15.8. The molecule has 0 radical (unpaired) electrons. The minimum absolute atomic E-state index is 0.00245. The van der Waals surface area contributed by atoms with E-state index in [1.165, 1.54) is 30.3 Å². The van der Waals surface area contributed by atoms with E-state index in [1.54, 1.807) is 19.1 Å². The average Bonchev–Trinajstić information content (AvgIpc) is 2.60. The highest BCUT2D eigenvalue weighted by Crippen LogP contribution is 2.26. The van der Waals surface area contributed by atoms with Gasteiger partial charge in [0.05, 0.1) is 26.6 Å². The average molecular weight is 413 g/mol. The number of carbonyl (C=O) groups is 1. The largest absolute Gasteiger partial charge is 0.323 e. The van der Waals surface area contributed by atoms with E-state index in [9.17, 15) is 23.3 Å². The molecular formula is C16H17ClN4O5S. The molecule has 0 spiro atoms. The molecule has 0 unspecified atom stereocenters. The van der Waals surface area contributed by atoms with Crippen LogP contribution in [0.3, 0.4) is 0 Å². The third kappa shape index (κ3) is 5.73. The summed E-state index contributed by atoms with van der Waals surface area (Å²) < 4.78 is 22.4. The normalized spacial score (nSPS) is 12.4. The van der Waals surface area contributed by atoms with Gasteiger partial charge in [0.25, 0.3) is 5.69 Å². The van der Waals surface area contributed by atoms with Crippen LogP contribution in [0.5, 0.6) is 0 Å². The van der Waals surface area contributed by atoms with E-state index >= 15 is 0 Å². The monoisotopic (exact) mass is 412 g/mol. The lowest BCUT2D eigenvalue weighted by Gasteiger charge is -2.15. The number of nitrogens with one attached hydrogen (secondary N) is 2. The number of hydrogen-bond donors (Lipinski definition) is 3. The summed E-state index contributed by atoms with van der Waals surface area (Å²) in [6.45, 7) is 1.90. The number of nitrogens with zero attached hydrogens (tertiary/aromatic N) is 1. The third-order valence-electron chi connectivity index (χ3n) is 3.68. The van der Waals surface area contributed by atoms with Gasteiger partial charge in [0.2, 0.25) is 15.9 Å². The standard InChI is InChI=1S/C16H17ClN4O5S/c1-10(19-9-11-2-5-13(6-3-11)27(18,25)26)16(22)20-15-8-12(21(23)24)4-7-14(15)17/h2-8,10,19H,9H2,1H3,(H,20,22)(H2,18,25,26)/t10-/m0/s1. The quantitative estimate of drug-likeness (QED) is 0.468. The molecule has 2 aromatic rings. The maximum Gasteiger partial charge on any atom is 0.271 e. The molecule has 0 aliphatic carbocycles. The number of carbonyl (C=O) groups excluding carboxylic acids is 1. The van der Waals surface area contributed by atoms with Gasteiger partial charge in [-0.15, -0.1) is 0 Å². The molecule has 4 N–H and O–H groups in total. The third-order valence-corrected chi connectivity index (χ3v) is 4.93. The molecule has 0 heterocycles. The summed E-state index contributed by atoms with van der Waals surface area (Å²) in [5, 5.41) is 21.5. The SMILES string of the molecule is C[C@H](NCc1ccc(S(N)(=O)=O)cc1)C(=O)Nc1cc([N+](=O)[O-])ccc1Cl. The summed E-state index contributed by atoms with van der Waals surface area (Å²) in [5.74, 6) is -0.432. The Morgan fingerprint density at radius 3 is 2.44 bits per heavy atom. The number of halogens is 1. The van der Waals surface area contributed by atoms with E-state index < -0.39 is 26.9 Å². The molecule has 2 aromatic carbocycles. The number of amides is 1. The number of rotatable bonds is 7. The second-order valence-electron chi connectivity index (χ2n) is 5.70. The molecule has 0 aliphatic rings. The van der Waals surface area contributed by atoms with Crippen LogP contribution in [-0.4, -0.2) is 25.3 Å².